The van der Waals surface area contributed by atoms with E-state index in [0.717, 1.165) is 0 Å². The molecule has 3 heteroatoms. The number of halogens is 2. The Morgan fingerprint density at radius 1 is 0.909 bits per heavy atom. The summed E-state index contributed by atoms with van der Waals surface area (Å²) in [5, 5.41) is 0. The Hall–Kier alpha value is -0.180. The highest BCUT2D eigenvalue weighted by atomic mass is 19.2. The molecular formula is C8H13F2N. The minimum Gasteiger partial charge on any atom is -0.244 e. The first-order chi connectivity index (χ1) is 5.18. The summed E-state index contributed by atoms with van der Waals surface area (Å²) >= 11 is 0. The van der Waals surface area contributed by atoms with Gasteiger partial charge in [-0.3, -0.25) is 0 Å². The van der Waals surface area contributed by atoms with Gasteiger partial charge in [0.2, 0.25) is 0 Å². The molecule has 0 amide bonds. The molecular weight excluding hydrogens is 148 g/mol. The fourth-order valence-electron chi connectivity index (χ4n) is 2.28. The number of nitrogens with one attached hydrogen (secondary N) is 1. The molecule has 0 saturated heterocycles. The Balaban J connectivity index is 2.12. The Bertz CT molecular complexity index is 145. The molecule has 3 rings (SSSR count). The third kappa shape index (κ3) is 1.06. The van der Waals surface area contributed by atoms with E-state index in [1.54, 1.807) is 0 Å². The van der Waals surface area contributed by atoms with E-state index >= 15 is 0 Å². The lowest BCUT2D eigenvalue weighted by Gasteiger charge is -2.48. The minimum atomic E-state index is -0.946. The van der Waals surface area contributed by atoms with Crippen molar-refractivity contribution in [2.45, 2.75) is 49.7 Å². The van der Waals surface area contributed by atoms with E-state index in [0.29, 0.717) is 38.5 Å². The number of rotatable bonds is 1. The SMILES string of the molecule is FNC12CCC(F)(CC1)CC2. The number of hydrogen-bond donors (Lipinski definition) is 1. The summed E-state index contributed by atoms with van der Waals surface area (Å²) in [7, 11) is 0. The van der Waals surface area contributed by atoms with Gasteiger partial charge in [0, 0.05) is 5.54 Å². The maximum Gasteiger partial charge on any atom is 0.111 e. The Kier molecular flexibility index (Phi) is 1.46. The summed E-state index contributed by atoms with van der Waals surface area (Å²) < 4.78 is 25.8. The number of hydrogen-bond acceptors (Lipinski definition) is 1. The first-order valence-corrected chi connectivity index (χ1v) is 4.25. The average Bonchev–Trinajstić information content (AvgIpc) is 2.07. The monoisotopic (exact) mass is 161 g/mol. The molecule has 0 unspecified atom stereocenters. The van der Waals surface area contributed by atoms with E-state index in [9.17, 15) is 8.87 Å². The van der Waals surface area contributed by atoms with E-state index in [4.69, 9.17) is 0 Å². The largest absolute Gasteiger partial charge is 0.244 e. The van der Waals surface area contributed by atoms with E-state index < -0.39 is 5.67 Å². The lowest BCUT2D eigenvalue weighted by Crippen LogP contribution is -2.53. The lowest BCUT2D eigenvalue weighted by atomic mass is 9.64. The third-order valence-corrected chi connectivity index (χ3v) is 3.36. The average molecular weight is 161 g/mol. The van der Waals surface area contributed by atoms with Crippen LogP contribution < -0.4 is 5.54 Å². The van der Waals surface area contributed by atoms with Crippen LogP contribution in [-0.4, -0.2) is 11.2 Å². The first-order valence-electron chi connectivity index (χ1n) is 4.25. The van der Waals surface area contributed by atoms with E-state index in [1.807, 2.05) is 5.54 Å². The van der Waals surface area contributed by atoms with E-state index in [-0.39, 0.29) is 5.54 Å². The second kappa shape index (κ2) is 2.16. The van der Waals surface area contributed by atoms with Crippen molar-refractivity contribution < 1.29 is 8.87 Å². The van der Waals surface area contributed by atoms with Gasteiger partial charge in [-0.25, -0.2) is 4.39 Å². The van der Waals surface area contributed by atoms with Gasteiger partial charge in [0.15, 0.2) is 0 Å². The van der Waals surface area contributed by atoms with Crippen molar-refractivity contribution in [2.24, 2.45) is 0 Å². The molecule has 1 nitrogen and oxygen atoms in total. The molecule has 0 spiro atoms. The van der Waals surface area contributed by atoms with Crippen LogP contribution in [-0.2, 0) is 0 Å². The van der Waals surface area contributed by atoms with Crippen molar-refractivity contribution in [3.8, 4) is 0 Å². The summed E-state index contributed by atoms with van der Waals surface area (Å²) in [6, 6.07) is 0. The highest BCUT2D eigenvalue weighted by molar-refractivity contribution is 5.03. The van der Waals surface area contributed by atoms with Gasteiger partial charge in [0.05, 0.1) is 0 Å². The predicted octanol–water partition coefficient (Wildman–Crippen LogP) is 2.28. The standard InChI is InChI=1S/C8H13F2N/c9-7-1-4-8(11-10,5-2-7)6-3-7/h11H,1-6H2. The van der Waals surface area contributed by atoms with Crippen molar-refractivity contribution in [3.05, 3.63) is 0 Å². The van der Waals surface area contributed by atoms with Crippen LogP contribution in [0.2, 0.25) is 0 Å². The van der Waals surface area contributed by atoms with Crippen LogP contribution in [0.15, 0.2) is 0 Å². The Morgan fingerprint density at radius 2 is 1.36 bits per heavy atom. The predicted molar refractivity (Wildman–Crippen MR) is 38.5 cm³/mol. The summed E-state index contributed by atoms with van der Waals surface area (Å²) in [5.74, 6) is 0. The molecule has 64 valence electrons. The molecule has 0 aliphatic heterocycles. The first kappa shape index (κ1) is 7.47. The molecule has 2 bridgehead atoms. The van der Waals surface area contributed by atoms with E-state index in [1.165, 1.54) is 0 Å². The van der Waals surface area contributed by atoms with Gasteiger partial charge in [-0.1, -0.05) is 0 Å². The van der Waals surface area contributed by atoms with Crippen LogP contribution in [0, 0.1) is 0 Å². The quantitative estimate of drug-likeness (QED) is 0.582. The van der Waals surface area contributed by atoms with Crippen LogP contribution in [0.3, 0.4) is 0 Å². The van der Waals surface area contributed by atoms with Crippen molar-refractivity contribution in [1.29, 1.82) is 0 Å². The molecule has 11 heavy (non-hydrogen) atoms. The van der Waals surface area contributed by atoms with Gasteiger partial charge in [0.25, 0.3) is 0 Å². The maximum absolute atomic E-state index is 13.5. The van der Waals surface area contributed by atoms with Crippen molar-refractivity contribution in [2.75, 3.05) is 0 Å². The van der Waals surface area contributed by atoms with Gasteiger partial charge < -0.3 is 0 Å². The molecule has 3 aliphatic rings. The summed E-state index contributed by atoms with van der Waals surface area (Å²) in [6.45, 7) is 0. The molecule has 0 radical (unpaired) electrons. The van der Waals surface area contributed by atoms with Crippen LogP contribution in [0.5, 0.6) is 0 Å². The molecule has 0 atom stereocenters. The third-order valence-electron chi connectivity index (χ3n) is 3.36. The smallest absolute Gasteiger partial charge is 0.111 e. The highest BCUT2D eigenvalue weighted by Gasteiger charge is 2.49. The minimum absolute atomic E-state index is 0.353. The topological polar surface area (TPSA) is 12.0 Å². The second-order valence-corrected chi connectivity index (χ2v) is 4.03. The van der Waals surface area contributed by atoms with Gasteiger partial charge in [-0.2, -0.15) is 5.54 Å². The maximum atomic E-state index is 13.5. The summed E-state index contributed by atoms with van der Waals surface area (Å²) in [4.78, 5) is 0. The second-order valence-electron chi connectivity index (χ2n) is 4.03. The molecule has 0 aromatic rings. The van der Waals surface area contributed by atoms with Crippen LogP contribution in [0.25, 0.3) is 0 Å². The summed E-state index contributed by atoms with van der Waals surface area (Å²) in [6.07, 6.45) is 3.64. The fraction of sp³-hybridized carbons (Fsp3) is 1.00. The van der Waals surface area contributed by atoms with Gasteiger partial charge in [-0.05, 0) is 38.5 Å². The lowest BCUT2D eigenvalue weighted by molar-refractivity contribution is -0.0338. The van der Waals surface area contributed by atoms with Crippen LogP contribution in [0.1, 0.15) is 38.5 Å². The molecule has 3 aliphatic carbocycles. The zero-order valence-electron chi connectivity index (χ0n) is 6.50. The molecule has 0 aromatic carbocycles. The van der Waals surface area contributed by atoms with Gasteiger partial charge in [0.1, 0.15) is 5.67 Å². The number of fused-ring (bicyclic) bond motifs is 3. The van der Waals surface area contributed by atoms with Gasteiger partial charge in [-0.15, -0.1) is 4.48 Å². The molecule has 3 fully saturated rings. The fourth-order valence-corrected chi connectivity index (χ4v) is 2.28. The van der Waals surface area contributed by atoms with Crippen molar-refractivity contribution in [1.82, 2.24) is 5.54 Å². The molecule has 3 saturated carbocycles. The van der Waals surface area contributed by atoms with Crippen LogP contribution >= 0.6 is 0 Å². The van der Waals surface area contributed by atoms with Crippen LogP contribution in [0.4, 0.5) is 8.87 Å². The highest BCUT2D eigenvalue weighted by Crippen LogP contribution is 2.48. The molecule has 0 heterocycles. The van der Waals surface area contributed by atoms with E-state index in [2.05, 4.69) is 0 Å². The van der Waals surface area contributed by atoms with Gasteiger partial charge >= 0.3 is 0 Å². The molecule has 1 N–H and O–H groups in total. The normalized spacial score (nSPS) is 49.6. The zero-order chi connectivity index (χ0) is 7.95. The zero-order valence-corrected chi connectivity index (χ0v) is 6.50. The number of alkyl halides is 1. The van der Waals surface area contributed by atoms with Crippen molar-refractivity contribution >= 4 is 0 Å². The van der Waals surface area contributed by atoms with Crippen molar-refractivity contribution in [3.63, 3.8) is 0 Å². The summed E-state index contributed by atoms with van der Waals surface area (Å²) in [5.41, 5.74) is 0.556. The molecule has 0 aromatic heterocycles. The Morgan fingerprint density at radius 3 is 1.73 bits per heavy atom. The Labute approximate surface area is 65.1 Å².